The molecule has 9 heteroatoms. The second-order valence-electron chi connectivity index (χ2n) is 8.95. The first-order chi connectivity index (χ1) is 17.0. The summed E-state index contributed by atoms with van der Waals surface area (Å²) in [6, 6.07) is 15.9. The van der Waals surface area contributed by atoms with Gasteiger partial charge in [0.05, 0.1) is 0 Å². The third-order valence-corrected chi connectivity index (χ3v) is 6.42. The predicted molar refractivity (Wildman–Crippen MR) is 132 cm³/mol. The molecule has 2 aliphatic rings. The summed E-state index contributed by atoms with van der Waals surface area (Å²) in [6.45, 7) is 6.83. The number of aromatic nitrogens is 2. The van der Waals surface area contributed by atoms with Crippen LogP contribution in [0.25, 0.3) is 11.4 Å². The van der Waals surface area contributed by atoms with Crippen molar-refractivity contribution in [3.8, 4) is 11.4 Å². The van der Waals surface area contributed by atoms with Crippen molar-refractivity contribution in [2.45, 2.75) is 26.7 Å². The minimum absolute atomic E-state index is 0.0917. The number of hydrazone groups is 1. The van der Waals surface area contributed by atoms with Gasteiger partial charge < -0.3 is 14.3 Å². The van der Waals surface area contributed by atoms with Crippen molar-refractivity contribution in [2.24, 2.45) is 5.10 Å². The molecule has 180 valence electrons. The summed E-state index contributed by atoms with van der Waals surface area (Å²) < 4.78 is 5.40. The van der Waals surface area contributed by atoms with Crippen molar-refractivity contribution in [2.75, 3.05) is 37.6 Å². The summed E-state index contributed by atoms with van der Waals surface area (Å²) in [5, 5.41) is 9.68. The summed E-state index contributed by atoms with van der Waals surface area (Å²) in [6.07, 6.45) is 0.643. The van der Waals surface area contributed by atoms with Gasteiger partial charge in [-0.1, -0.05) is 53.2 Å². The van der Waals surface area contributed by atoms with Crippen LogP contribution in [0.2, 0.25) is 0 Å². The molecule has 1 saturated heterocycles. The highest BCUT2D eigenvalue weighted by Gasteiger charge is 2.29. The smallest absolute Gasteiger partial charge is 0.274 e. The van der Waals surface area contributed by atoms with Crippen molar-refractivity contribution in [3.63, 3.8) is 0 Å². The van der Waals surface area contributed by atoms with E-state index in [1.807, 2.05) is 30.3 Å². The number of nitrogens with zero attached hydrogens (tertiary/aromatic N) is 6. The SMILES string of the molecule is Cc1ccc(N2CCN(C(=O)CN3N=C(c4nc(-c5ccccc5)no4)CCC3=O)CC2)c(C)c1. The summed E-state index contributed by atoms with van der Waals surface area (Å²) in [4.78, 5) is 34.0. The molecule has 0 radical (unpaired) electrons. The van der Waals surface area contributed by atoms with E-state index in [-0.39, 0.29) is 30.7 Å². The number of hydrogen-bond acceptors (Lipinski definition) is 7. The summed E-state index contributed by atoms with van der Waals surface area (Å²) in [5.41, 5.74) is 5.04. The van der Waals surface area contributed by atoms with Gasteiger partial charge in [-0.2, -0.15) is 10.1 Å². The number of aryl methyl sites for hydroxylation is 2. The third kappa shape index (κ3) is 4.94. The fraction of sp³-hybridized carbons (Fsp3) is 0.346. The van der Waals surface area contributed by atoms with Gasteiger partial charge in [0.15, 0.2) is 0 Å². The molecule has 9 nitrogen and oxygen atoms in total. The average molecular weight is 473 g/mol. The van der Waals surface area contributed by atoms with Gasteiger partial charge in [0.2, 0.25) is 17.6 Å². The Morgan fingerprint density at radius 2 is 1.77 bits per heavy atom. The molecule has 35 heavy (non-hydrogen) atoms. The lowest BCUT2D eigenvalue weighted by Gasteiger charge is -2.37. The highest BCUT2D eigenvalue weighted by molar-refractivity contribution is 6.01. The molecule has 0 N–H and O–H groups in total. The molecular formula is C26H28N6O3. The zero-order valence-corrected chi connectivity index (χ0v) is 20.0. The first-order valence-corrected chi connectivity index (χ1v) is 11.9. The van der Waals surface area contributed by atoms with Gasteiger partial charge >= 0.3 is 0 Å². The Balaban J connectivity index is 1.22. The lowest BCUT2D eigenvalue weighted by atomic mass is 10.1. The maximum absolute atomic E-state index is 13.0. The van der Waals surface area contributed by atoms with Gasteiger partial charge in [-0.15, -0.1) is 0 Å². The summed E-state index contributed by atoms with van der Waals surface area (Å²) >= 11 is 0. The van der Waals surface area contributed by atoms with Crippen molar-refractivity contribution in [3.05, 3.63) is 65.5 Å². The van der Waals surface area contributed by atoms with Crippen LogP contribution in [0.5, 0.6) is 0 Å². The van der Waals surface area contributed by atoms with E-state index in [2.05, 4.69) is 52.2 Å². The van der Waals surface area contributed by atoms with E-state index in [1.165, 1.54) is 21.8 Å². The molecule has 0 aliphatic carbocycles. The van der Waals surface area contributed by atoms with E-state index >= 15 is 0 Å². The van der Waals surface area contributed by atoms with Crippen LogP contribution < -0.4 is 4.90 Å². The molecular weight excluding hydrogens is 444 g/mol. The molecule has 3 heterocycles. The van der Waals surface area contributed by atoms with Gasteiger partial charge in [-0.05, 0) is 25.5 Å². The molecule has 1 aromatic heterocycles. The van der Waals surface area contributed by atoms with Crippen LogP contribution in [0.4, 0.5) is 5.69 Å². The molecule has 2 aliphatic heterocycles. The van der Waals surface area contributed by atoms with E-state index in [0.29, 0.717) is 31.0 Å². The standard InChI is InChI=1S/C26H28N6O3/c1-18-8-10-22(19(2)16-18)30-12-14-31(15-13-30)24(34)17-32-23(33)11-9-21(28-32)26-27-25(29-35-26)20-6-4-3-5-7-20/h3-8,10,16H,9,11-15,17H2,1-2H3. The van der Waals surface area contributed by atoms with Crippen molar-refractivity contribution >= 4 is 23.2 Å². The largest absolute Gasteiger partial charge is 0.368 e. The minimum Gasteiger partial charge on any atom is -0.368 e. The van der Waals surface area contributed by atoms with E-state index in [9.17, 15) is 9.59 Å². The zero-order valence-electron chi connectivity index (χ0n) is 20.0. The first kappa shape index (κ1) is 22.8. The quantitative estimate of drug-likeness (QED) is 0.567. The molecule has 1 fully saturated rings. The number of rotatable bonds is 5. The maximum Gasteiger partial charge on any atom is 0.274 e. The van der Waals surface area contributed by atoms with Crippen molar-refractivity contribution in [1.29, 1.82) is 0 Å². The number of hydrogen-bond donors (Lipinski definition) is 0. The number of carbonyl (C=O) groups excluding carboxylic acids is 2. The van der Waals surface area contributed by atoms with Crippen LogP contribution in [0, 0.1) is 13.8 Å². The zero-order chi connectivity index (χ0) is 24.4. The van der Waals surface area contributed by atoms with E-state index in [0.717, 1.165) is 18.7 Å². The van der Waals surface area contributed by atoms with Gasteiger partial charge in [0.25, 0.3) is 5.89 Å². The molecule has 0 saturated carbocycles. The van der Waals surface area contributed by atoms with Crippen LogP contribution in [0.15, 0.2) is 58.2 Å². The summed E-state index contributed by atoms with van der Waals surface area (Å²) in [5.74, 6) is 0.443. The van der Waals surface area contributed by atoms with Crippen LogP contribution in [0.3, 0.4) is 0 Å². The maximum atomic E-state index is 13.0. The number of anilines is 1. The van der Waals surface area contributed by atoms with E-state index < -0.39 is 0 Å². The number of amides is 2. The Morgan fingerprint density at radius 1 is 1.00 bits per heavy atom. The monoisotopic (exact) mass is 472 g/mol. The van der Waals surface area contributed by atoms with Crippen molar-refractivity contribution < 1.29 is 14.1 Å². The Labute approximate surface area is 204 Å². The fourth-order valence-electron chi connectivity index (χ4n) is 4.51. The minimum atomic E-state index is -0.182. The molecule has 3 aromatic rings. The topological polar surface area (TPSA) is 95.1 Å². The average Bonchev–Trinajstić information content (AvgIpc) is 3.36. The molecule has 2 aromatic carbocycles. The van der Waals surface area contributed by atoms with Gasteiger partial charge in [-0.3, -0.25) is 9.59 Å². The molecule has 0 unspecified atom stereocenters. The highest BCUT2D eigenvalue weighted by Crippen LogP contribution is 2.23. The van der Waals surface area contributed by atoms with Crippen LogP contribution in [-0.4, -0.2) is 70.3 Å². The van der Waals surface area contributed by atoms with E-state index in [1.54, 1.807) is 4.90 Å². The molecule has 5 rings (SSSR count). The third-order valence-electron chi connectivity index (χ3n) is 6.42. The van der Waals surface area contributed by atoms with Crippen molar-refractivity contribution in [1.82, 2.24) is 20.0 Å². The number of benzene rings is 2. The molecule has 2 amide bonds. The normalized spacial score (nSPS) is 16.5. The molecule has 0 bridgehead atoms. The highest BCUT2D eigenvalue weighted by atomic mass is 16.5. The lowest BCUT2D eigenvalue weighted by molar-refractivity contribution is -0.141. The predicted octanol–water partition coefficient (Wildman–Crippen LogP) is 3.03. The Hall–Kier alpha value is -4.01. The van der Waals surface area contributed by atoms with Gasteiger partial charge in [0, 0.05) is 50.3 Å². The van der Waals surface area contributed by atoms with E-state index in [4.69, 9.17) is 4.52 Å². The fourth-order valence-corrected chi connectivity index (χ4v) is 4.51. The Kier molecular flexibility index (Phi) is 6.31. The van der Waals surface area contributed by atoms with Crippen LogP contribution >= 0.6 is 0 Å². The Morgan fingerprint density at radius 3 is 2.51 bits per heavy atom. The van der Waals surface area contributed by atoms with Crippen LogP contribution in [-0.2, 0) is 9.59 Å². The van der Waals surface area contributed by atoms with Gasteiger partial charge in [-0.25, -0.2) is 5.01 Å². The second kappa shape index (κ2) is 9.69. The summed E-state index contributed by atoms with van der Waals surface area (Å²) in [7, 11) is 0. The first-order valence-electron chi connectivity index (χ1n) is 11.9. The Bertz CT molecular complexity index is 1260. The molecule has 0 spiro atoms. The molecule has 0 atom stereocenters. The number of carbonyl (C=O) groups is 2. The van der Waals surface area contributed by atoms with Gasteiger partial charge in [0.1, 0.15) is 12.3 Å². The van der Waals surface area contributed by atoms with Crippen LogP contribution in [0.1, 0.15) is 29.9 Å². The second-order valence-corrected chi connectivity index (χ2v) is 8.95. The number of piperazine rings is 1. The lowest BCUT2D eigenvalue weighted by Crippen LogP contribution is -2.51.